The van der Waals surface area contributed by atoms with Crippen molar-refractivity contribution in [2.24, 2.45) is 5.73 Å². The quantitative estimate of drug-likeness (QED) is 0.636. The van der Waals surface area contributed by atoms with E-state index in [1.807, 2.05) is 6.07 Å². The minimum absolute atomic E-state index is 0.157. The van der Waals surface area contributed by atoms with E-state index in [1.54, 1.807) is 6.07 Å². The number of nitrogens with two attached hydrogens (primary N) is 1. The van der Waals surface area contributed by atoms with Crippen LogP contribution in [0.4, 0.5) is 4.39 Å². The molecule has 0 fully saturated rings. The minimum Gasteiger partial charge on any atom is -0.493 e. The van der Waals surface area contributed by atoms with Gasteiger partial charge < -0.3 is 14.9 Å². The Balaban J connectivity index is 2.06. The summed E-state index contributed by atoms with van der Waals surface area (Å²) in [7, 11) is -0.309. The zero-order chi connectivity index (χ0) is 20.9. The first kappa shape index (κ1) is 23.1. The Bertz CT molecular complexity index is 686. The van der Waals surface area contributed by atoms with Crippen LogP contribution in [0.2, 0.25) is 18.1 Å². The lowest BCUT2D eigenvalue weighted by molar-refractivity contribution is 0.120. The second kappa shape index (κ2) is 9.52. The molecule has 1 aromatic carbocycles. The summed E-state index contributed by atoms with van der Waals surface area (Å²) < 4.78 is 25.9. The summed E-state index contributed by atoms with van der Waals surface area (Å²) in [6.07, 6.45) is 4.09. The summed E-state index contributed by atoms with van der Waals surface area (Å²) in [5.41, 5.74) is 7.87. The zero-order valence-electron chi connectivity index (χ0n) is 18.3. The Morgan fingerprint density at radius 3 is 2.54 bits per heavy atom. The molecule has 2 N–H and O–H groups in total. The molecule has 0 saturated heterocycles. The van der Waals surface area contributed by atoms with Gasteiger partial charge in [0.1, 0.15) is 0 Å². The monoisotopic (exact) mass is 408 g/mol. The maximum atomic E-state index is 14.0. The van der Waals surface area contributed by atoms with Gasteiger partial charge in [0.15, 0.2) is 19.9 Å². The van der Waals surface area contributed by atoms with Crippen LogP contribution in [-0.2, 0) is 4.43 Å². The number of halogens is 1. The molecular formula is C22H37FN2O2Si. The Morgan fingerprint density at radius 2 is 2.00 bits per heavy atom. The Hall–Kier alpha value is -1.21. The predicted octanol–water partition coefficient (Wildman–Crippen LogP) is 4.66. The van der Waals surface area contributed by atoms with Gasteiger partial charge >= 0.3 is 0 Å². The molecule has 1 aromatic rings. The molecule has 0 saturated carbocycles. The van der Waals surface area contributed by atoms with E-state index in [9.17, 15) is 4.39 Å². The van der Waals surface area contributed by atoms with Crippen molar-refractivity contribution >= 4 is 13.9 Å². The Kier molecular flexibility index (Phi) is 7.85. The van der Waals surface area contributed by atoms with Crippen molar-refractivity contribution in [2.75, 3.05) is 33.3 Å². The van der Waals surface area contributed by atoms with Crippen LogP contribution in [0.1, 0.15) is 39.2 Å². The van der Waals surface area contributed by atoms with Gasteiger partial charge in [0, 0.05) is 25.2 Å². The molecule has 0 spiro atoms. The van der Waals surface area contributed by atoms with Crippen molar-refractivity contribution in [3.63, 3.8) is 0 Å². The lowest BCUT2D eigenvalue weighted by atomic mass is 9.98. The van der Waals surface area contributed by atoms with Crippen LogP contribution in [0.3, 0.4) is 0 Å². The van der Waals surface area contributed by atoms with Crippen molar-refractivity contribution in [3.8, 4) is 5.75 Å². The Morgan fingerprint density at radius 1 is 1.29 bits per heavy atom. The van der Waals surface area contributed by atoms with Crippen LogP contribution in [-0.4, -0.2) is 52.6 Å². The maximum Gasteiger partial charge on any atom is 0.192 e. The van der Waals surface area contributed by atoms with Gasteiger partial charge in [-0.25, -0.2) is 4.39 Å². The van der Waals surface area contributed by atoms with Crippen molar-refractivity contribution < 1.29 is 13.6 Å². The first-order chi connectivity index (χ1) is 13.1. The summed E-state index contributed by atoms with van der Waals surface area (Å²) in [4.78, 5) is 2.41. The maximum absolute atomic E-state index is 14.0. The zero-order valence-corrected chi connectivity index (χ0v) is 19.3. The highest BCUT2D eigenvalue weighted by atomic mass is 28.4. The van der Waals surface area contributed by atoms with Crippen LogP contribution in [0, 0.1) is 5.82 Å². The number of ether oxygens (including phenoxy) is 1. The van der Waals surface area contributed by atoms with Gasteiger partial charge in [0.05, 0.1) is 13.2 Å². The van der Waals surface area contributed by atoms with Gasteiger partial charge in [0.25, 0.3) is 0 Å². The average Bonchev–Trinajstić information content (AvgIpc) is 2.61. The lowest BCUT2D eigenvalue weighted by Gasteiger charge is -2.41. The van der Waals surface area contributed by atoms with E-state index in [-0.39, 0.29) is 17.0 Å². The molecule has 6 heteroatoms. The van der Waals surface area contributed by atoms with Gasteiger partial charge in [-0.05, 0) is 49.2 Å². The average molecular weight is 409 g/mol. The normalized spacial score (nSPS) is 17.4. The van der Waals surface area contributed by atoms with E-state index in [1.165, 1.54) is 13.2 Å². The number of para-hydroxylation sites is 1. The molecular weight excluding hydrogens is 371 g/mol. The molecule has 0 bridgehead atoms. The first-order valence-corrected chi connectivity index (χ1v) is 13.1. The molecule has 28 heavy (non-hydrogen) atoms. The summed E-state index contributed by atoms with van der Waals surface area (Å²) in [5, 5.41) is 0.183. The molecule has 1 heterocycles. The van der Waals surface area contributed by atoms with Crippen LogP contribution in [0.5, 0.6) is 5.75 Å². The van der Waals surface area contributed by atoms with Gasteiger partial charge in [-0.3, -0.25) is 4.90 Å². The summed E-state index contributed by atoms with van der Waals surface area (Å²) >= 11 is 0. The minimum atomic E-state index is -1.83. The fraction of sp³-hybridized carbons (Fsp3) is 0.636. The number of hydrogen-bond acceptors (Lipinski definition) is 4. The summed E-state index contributed by atoms with van der Waals surface area (Å²) in [6.45, 7) is 14.7. The molecule has 0 aromatic heterocycles. The SMILES string of the molecule is COc1c(F)cccc1C1=CCN(CC(CCN)O[Si](C)(C)C(C)(C)C)CC1. The number of benzene rings is 1. The topological polar surface area (TPSA) is 47.7 Å². The van der Waals surface area contributed by atoms with Gasteiger partial charge in [-0.2, -0.15) is 0 Å². The number of rotatable bonds is 8. The molecule has 2 rings (SSSR count). The smallest absolute Gasteiger partial charge is 0.192 e. The number of hydrogen-bond donors (Lipinski definition) is 1. The summed E-state index contributed by atoms with van der Waals surface area (Å²) in [5.74, 6) is 0.0265. The molecule has 1 unspecified atom stereocenters. The van der Waals surface area contributed by atoms with E-state index in [4.69, 9.17) is 14.9 Å². The standard InChI is InChI=1S/C22H37FN2O2Si/c1-22(2,3)28(5,6)27-18(10-13-24)16-25-14-11-17(12-15-25)19-8-7-9-20(23)21(19)26-4/h7-9,11,18H,10,12-16,24H2,1-6H3. The third-order valence-electron chi connectivity index (χ3n) is 6.03. The van der Waals surface area contributed by atoms with Crippen LogP contribution in [0.25, 0.3) is 5.57 Å². The van der Waals surface area contributed by atoms with Gasteiger partial charge in [-0.15, -0.1) is 0 Å². The molecule has 1 aliphatic heterocycles. The highest BCUT2D eigenvalue weighted by Crippen LogP contribution is 2.38. The Labute approximate surface area is 171 Å². The van der Waals surface area contributed by atoms with Crippen molar-refractivity contribution in [1.29, 1.82) is 0 Å². The third kappa shape index (κ3) is 5.66. The first-order valence-electron chi connectivity index (χ1n) is 10.2. The van der Waals surface area contributed by atoms with Crippen molar-refractivity contribution in [3.05, 3.63) is 35.7 Å². The highest BCUT2D eigenvalue weighted by Gasteiger charge is 2.39. The molecule has 158 valence electrons. The molecule has 0 aliphatic carbocycles. The number of methoxy groups -OCH3 is 1. The number of nitrogens with zero attached hydrogens (tertiary/aromatic N) is 1. The van der Waals surface area contributed by atoms with E-state index < -0.39 is 8.32 Å². The van der Waals surface area contributed by atoms with Gasteiger partial charge in [-0.1, -0.05) is 39.0 Å². The predicted molar refractivity (Wildman–Crippen MR) is 118 cm³/mol. The van der Waals surface area contributed by atoms with E-state index in [0.29, 0.717) is 12.3 Å². The van der Waals surface area contributed by atoms with Gasteiger partial charge in [0.2, 0.25) is 0 Å². The van der Waals surface area contributed by atoms with Crippen LogP contribution >= 0.6 is 0 Å². The van der Waals surface area contributed by atoms with Crippen molar-refractivity contribution in [1.82, 2.24) is 4.90 Å². The highest BCUT2D eigenvalue weighted by molar-refractivity contribution is 6.74. The molecule has 0 radical (unpaired) electrons. The van der Waals surface area contributed by atoms with Crippen LogP contribution in [0.15, 0.2) is 24.3 Å². The molecule has 4 nitrogen and oxygen atoms in total. The second-order valence-electron chi connectivity index (χ2n) is 9.14. The third-order valence-corrected chi connectivity index (χ3v) is 10.6. The fourth-order valence-electron chi connectivity index (χ4n) is 3.35. The molecule has 1 atom stereocenters. The largest absolute Gasteiger partial charge is 0.493 e. The van der Waals surface area contributed by atoms with Crippen LogP contribution < -0.4 is 10.5 Å². The fourth-order valence-corrected chi connectivity index (χ4v) is 4.72. The molecule has 0 amide bonds. The second-order valence-corrected chi connectivity index (χ2v) is 13.9. The van der Waals surface area contributed by atoms with E-state index in [2.05, 4.69) is 44.8 Å². The van der Waals surface area contributed by atoms with Crippen molar-refractivity contribution in [2.45, 2.75) is 57.8 Å². The molecule has 1 aliphatic rings. The van der Waals surface area contributed by atoms with E-state index in [0.717, 1.165) is 43.6 Å². The summed E-state index contributed by atoms with van der Waals surface area (Å²) in [6, 6.07) is 5.11. The lowest BCUT2D eigenvalue weighted by Crippen LogP contribution is -2.48. The van der Waals surface area contributed by atoms with E-state index >= 15 is 0 Å².